The van der Waals surface area contributed by atoms with Crippen LogP contribution in [-0.2, 0) is 5.41 Å². The third-order valence-electron chi connectivity index (χ3n) is 9.29. The Labute approximate surface area is 257 Å². The minimum Gasteiger partial charge on any atom is -0.331 e. The van der Waals surface area contributed by atoms with E-state index in [0.29, 0.717) is 16.9 Å². The van der Waals surface area contributed by atoms with E-state index in [1.807, 2.05) is 39.0 Å². The fourth-order valence-electron chi connectivity index (χ4n) is 7.75. The van der Waals surface area contributed by atoms with Gasteiger partial charge in [-0.15, -0.1) is 0 Å². The lowest BCUT2D eigenvalue weighted by molar-refractivity contribution is 0.527. The summed E-state index contributed by atoms with van der Waals surface area (Å²) < 4.78 is 32.3. The smallest absolute Gasteiger partial charge is 0.154 e. The van der Waals surface area contributed by atoms with E-state index in [2.05, 4.69) is 84.9 Å². The number of fused-ring (bicyclic) bond motifs is 10. The predicted molar refractivity (Wildman–Crippen MR) is 176 cm³/mol. The lowest BCUT2D eigenvalue weighted by Crippen LogP contribution is -2.38. The Balaban J connectivity index is 1.42. The second-order valence-electron chi connectivity index (χ2n) is 12.7. The number of hydrogen-bond donors (Lipinski definition) is 0. The first kappa shape index (κ1) is 26.6. The van der Waals surface area contributed by atoms with Crippen molar-refractivity contribution in [3.05, 3.63) is 167 Å². The number of hydrogen-bond acceptors (Lipinski definition) is 1. The summed E-state index contributed by atoms with van der Waals surface area (Å²) in [5, 5.41) is 0. The zero-order chi connectivity index (χ0) is 30.2. The summed E-state index contributed by atoms with van der Waals surface area (Å²) in [7, 11) is 0. The Morgan fingerprint density at radius 2 is 0.909 bits per heavy atom. The molecule has 0 N–H and O–H groups in total. The molecule has 214 valence electrons. The quantitative estimate of drug-likeness (QED) is 0.203. The van der Waals surface area contributed by atoms with E-state index in [1.54, 1.807) is 29.2 Å². The lowest BCUT2D eigenvalue weighted by atomic mass is 9.70. The standard InChI is InChI=1S/C41H31F2N/c1-40(2,3)44(36-24-11-10-23-35(36)42)37-25-13-18-29(39(37)43)28-17-12-22-34-38(28)30-16-6-9-21-33(30)41(34)31-19-7-4-14-26(31)27-15-5-8-20-32(27)41/h4-25H,1-3H3. The zero-order valence-corrected chi connectivity index (χ0v) is 24.9. The van der Waals surface area contributed by atoms with Crippen LogP contribution in [0.2, 0.25) is 0 Å². The van der Waals surface area contributed by atoms with Crippen molar-refractivity contribution in [3.8, 4) is 33.4 Å². The highest BCUT2D eigenvalue weighted by Crippen LogP contribution is 2.64. The number of rotatable bonds is 3. The van der Waals surface area contributed by atoms with Crippen LogP contribution in [0.3, 0.4) is 0 Å². The maximum absolute atomic E-state index is 17.1. The van der Waals surface area contributed by atoms with Crippen LogP contribution >= 0.6 is 0 Å². The highest BCUT2D eigenvalue weighted by Gasteiger charge is 2.52. The van der Waals surface area contributed by atoms with Crippen molar-refractivity contribution < 1.29 is 8.78 Å². The molecule has 0 amide bonds. The molecule has 0 saturated heterocycles. The van der Waals surface area contributed by atoms with Crippen LogP contribution in [-0.4, -0.2) is 5.54 Å². The molecule has 6 aromatic carbocycles. The van der Waals surface area contributed by atoms with E-state index in [4.69, 9.17) is 0 Å². The van der Waals surface area contributed by atoms with Crippen LogP contribution in [0.5, 0.6) is 0 Å². The molecule has 0 bridgehead atoms. The van der Waals surface area contributed by atoms with Gasteiger partial charge in [-0.1, -0.05) is 115 Å². The van der Waals surface area contributed by atoms with Crippen LogP contribution < -0.4 is 4.90 Å². The van der Waals surface area contributed by atoms with Crippen molar-refractivity contribution in [2.24, 2.45) is 0 Å². The largest absolute Gasteiger partial charge is 0.331 e. The number of para-hydroxylation sites is 1. The van der Waals surface area contributed by atoms with Crippen molar-refractivity contribution in [2.75, 3.05) is 4.90 Å². The van der Waals surface area contributed by atoms with Crippen molar-refractivity contribution in [1.29, 1.82) is 0 Å². The number of benzene rings is 6. The first-order valence-electron chi connectivity index (χ1n) is 15.1. The normalized spacial score (nSPS) is 13.8. The Bertz CT molecular complexity index is 2060. The molecule has 0 atom stereocenters. The summed E-state index contributed by atoms with van der Waals surface area (Å²) in [5.41, 5.74) is 10.4. The van der Waals surface area contributed by atoms with Gasteiger partial charge in [-0.3, -0.25) is 0 Å². The lowest BCUT2D eigenvalue weighted by Gasteiger charge is -2.38. The van der Waals surface area contributed by atoms with Gasteiger partial charge < -0.3 is 4.90 Å². The third kappa shape index (κ3) is 3.50. The molecule has 2 aliphatic carbocycles. The van der Waals surface area contributed by atoms with Gasteiger partial charge in [0.05, 0.1) is 16.8 Å². The van der Waals surface area contributed by atoms with E-state index in [-0.39, 0.29) is 11.6 Å². The van der Waals surface area contributed by atoms with E-state index in [0.717, 1.165) is 22.3 Å². The highest BCUT2D eigenvalue weighted by molar-refractivity contribution is 6.00. The van der Waals surface area contributed by atoms with Gasteiger partial charge in [0.25, 0.3) is 0 Å². The van der Waals surface area contributed by atoms with Crippen LogP contribution in [0.15, 0.2) is 133 Å². The molecule has 1 nitrogen and oxygen atoms in total. The number of halogens is 2. The topological polar surface area (TPSA) is 3.24 Å². The van der Waals surface area contributed by atoms with E-state index >= 15 is 8.78 Å². The monoisotopic (exact) mass is 575 g/mol. The van der Waals surface area contributed by atoms with E-state index in [9.17, 15) is 0 Å². The van der Waals surface area contributed by atoms with Crippen molar-refractivity contribution in [3.63, 3.8) is 0 Å². The SMILES string of the molecule is CC(C)(C)N(c1ccccc1F)c1cccc(-c2cccc3c2-c2ccccc2C32c3ccccc3-c3ccccc32)c1F. The molecule has 0 saturated carbocycles. The summed E-state index contributed by atoms with van der Waals surface area (Å²) in [4.78, 5) is 1.77. The molecule has 0 unspecified atom stereocenters. The molecule has 44 heavy (non-hydrogen) atoms. The highest BCUT2D eigenvalue weighted by atomic mass is 19.1. The second kappa shape index (κ2) is 9.49. The molecule has 2 aliphatic rings. The van der Waals surface area contributed by atoms with E-state index in [1.165, 1.54) is 33.9 Å². The van der Waals surface area contributed by atoms with E-state index < -0.39 is 11.0 Å². The molecule has 0 aromatic heterocycles. The van der Waals surface area contributed by atoms with Gasteiger partial charge in [-0.2, -0.15) is 0 Å². The molecular weight excluding hydrogens is 544 g/mol. The zero-order valence-electron chi connectivity index (χ0n) is 24.9. The van der Waals surface area contributed by atoms with Gasteiger partial charge in [-0.25, -0.2) is 8.78 Å². The van der Waals surface area contributed by atoms with Crippen LogP contribution in [0.25, 0.3) is 33.4 Å². The fourth-order valence-corrected chi connectivity index (χ4v) is 7.75. The van der Waals surface area contributed by atoms with Crippen molar-refractivity contribution in [2.45, 2.75) is 31.7 Å². The molecule has 1 spiro atoms. The Morgan fingerprint density at radius 3 is 1.55 bits per heavy atom. The molecule has 6 aromatic rings. The predicted octanol–water partition coefficient (Wildman–Crippen LogP) is 10.9. The molecule has 0 radical (unpaired) electrons. The van der Waals surface area contributed by atoms with Gasteiger partial charge in [0.15, 0.2) is 5.82 Å². The van der Waals surface area contributed by atoms with Crippen molar-refractivity contribution in [1.82, 2.24) is 0 Å². The summed E-state index contributed by atoms with van der Waals surface area (Å²) in [5.74, 6) is -0.757. The van der Waals surface area contributed by atoms with Crippen LogP contribution in [0.1, 0.15) is 43.0 Å². The van der Waals surface area contributed by atoms with Gasteiger partial charge >= 0.3 is 0 Å². The summed E-state index contributed by atoms with van der Waals surface area (Å²) in [6, 6.07) is 44.2. The summed E-state index contributed by atoms with van der Waals surface area (Å²) >= 11 is 0. The van der Waals surface area contributed by atoms with Gasteiger partial charge in [0, 0.05) is 11.1 Å². The fraction of sp³-hybridized carbons (Fsp3) is 0.122. The number of nitrogens with zero attached hydrogens (tertiary/aromatic N) is 1. The Kier molecular flexibility index (Phi) is 5.74. The van der Waals surface area contributed by atoms with Crippen LogP contribution in [0.4, 0.5) is 20.2 Å². The Morgan fingerprint density at radius 1 is 0.455 bits per heavy atom. The van der Waals surface area contributed by atoms with Gasteiger partial charge in [-0.05, 0) is 89.0 Å². The third-order valence-corrected chi connectivity index (χ3v) is 9.29. The van der Waals surface area contributed by atoms with Gasteiger partial charge in [0.1, 0.15) is 5.82 Å². The minimum absolute atomic E-state index is 0.343. The molecular formula is C41H31F2N. The average Bonchev–Trinajstić information content (AvgIpc) is 3.50. The number of anilines is 2. The summed E-state index contributed by atoms with van der Waals surface area (Å²) in [6.07, 6.45) is 0. The molecule has 8 rings (SSSR count). The first-order valence-corrected chi connectivity index (χ1v) is 15.1. The Hall–Kier alpha value is -5.02. The maximum atomic E-state index is 17.1. The molecule has 0 fully saturated rings. The van der Waals surface area contributed by atoms with Crippen LogP contribution in [0, 0.1) is 11.6 Å². The summed E-state index contributed by atoms with van der Waals surface area (Å²) in [6.45, 7) is 5.92. The van der Waals surface area contributed by atoms with Crippen molar-refractivity contribution >= 4 is 11.4 Å². The minimum atomic E-state index is -0.589. The molecule has 3 heteroatoms. The molecule has 0 heterocycles. The first-order chi connectivity index (χ1) is 21.3. The van der Waals surface area contributed by atoms with Gasteiger partial charge in [0.2, 0.25) is 0 Å². The second-order valence-corrected chi connectivity index (χ2v) is 12.7. The maximum Gasteiger partial charge on any atom is 0.154 e. The average molecular weight is 576 g/mol. The molecule has 0 aliphatic heterocycles.